The van der Waals surface area contributed by atoms with Gasteiger partial charge in [-0.25, -0.2) is 9.97 Å². The molecule has 31 heavy (non-hydrogen) atoms. The second-order valence-electron chi connectivity index (χ2n) is 7.26. The summed E-state index contributed by atoms with van der Waals surface area (Å²) < 4.78 is 0. The minimum absolute atomic E-state index is 0.512. The number of allylic oxidation sites excluding steroid dienone is 1. The van der Waals surface area contributed by atoms with Gasteiger partial charge in [-0.2, -0.15) is 10.5 Å². The monoisotopic (exact) mass is 401 g/mol. The third-order valence-corrected chi connectivity index (χ3v) is 5.09. The van der Waals surface area contributed by atoms with E-state index < -0.39 is 0 Å². The predicted molar refractivity (Wildman–Crippen MR) is 124 cm³/mol. The first-order valence-electron chi connectivity index (χ1n) is 9.79. The highest BCUT2D eigenvalue weighted by Crippen LogP contribution is 2.35. The minimum atomic E-state index is 0.512. The highest BCUT2D eigenvalue weighted by Gasteiger charge is 2.12. The summed E-state index contributed by atoms with van der Waals surface area (Å²) in [7, 11) is 0. The molecule has 0 aliphatic heterocycles. The van der Waals surface area contributed by atoms with Gasteiger partial charge in [0, 0.05) is 23.9 Å². The van der Waals surface area contributed by atoms with Crippen LogP contribution in [0.3, 0.4) is 0 Å². The van der Waals surface area contributed by atoms with E-state index in [4.69, 9.17) is 10.5 Å². The molecule has 2 heterocycles. The number of aromatic nitrogens is 2. The van der Waals surface area contributed by atoms with Gasteiger partial charge in [0.1, 0.15) is 17.7 Å². The first-order chi connectivity index (χ1) is 15.1. The van der Waals surface area contributed by atoms with Gasteiger partial charge in [0.15, 0.2) is 0 Å². The molecule has 0 amide bonds. The van der Waals surface area contributed by atoms with E-state index in [9.17, 15) is 0 Å². The van der Waals surface area contributed by atoms with Gasteiger partial charge in [-0.05, 0) is 71.3 Å². The second kappa shape index (κ2) is 8.49. The molecule has 4 rings (SSSR count). The fraction of sp³-hybridized carbons (Fsp3) is 0.0769. The molecule has 5 nitrogen and oxygen atoms in total. The molecule has 1 N–H and O–H groups in total. The van der Waals surface area contributed by atoms with Crippen molar-refractivity contribution in [3.63, 3.8) is 0 Å². The molecule has 0 atom stereocenters. The average Bonchev–Trinajstić information content (AvgIpc) is 2.78. The molecule has 0 saturated heterocycles. The lowest BCUT2D eigenvalue weighted by Crippen LogP contribution is -1.97. The summed E-state index contributed by atoms with van der Waals surface area (Å²) in [6.45, 7) is 4.18. The zero-order valence-electron chi connectivity index (χ0n) is 17.2. The van der Waals surface area contributed by atoms with Crippen LogP contribution >= 0.6 is 0 Å². The van der Waals surface area contributed by atoms with E-state index in [0.29, 0.717) is 17.2 Å². The quantitative estimate of drug-likeness (QED) is 0.420. The largest absolute Gasteiger partial charge is 0.325 e. The van der Waals surface area contributed by atoms with Crippen LogP contribution < -0.4 is 5.32 Å². The number of aryl methyl sites for hydroxylation is 2. The molecule has 148 valence electrons. The lowest BCUT2D eigenvalue weighted by Gasteiger charge is -2.15. The van der Waals surface area contributed by atoms with Crippen molar-refractivity contribution in [2.75, 3.05) is 5.32 Å². The van der Waals surface area contributed by atoms with Gasteiger partial charge < -0.3 is 5.32 Å². The van der Waals surface area contributed by atoms with E-state index in [1.54, 1.807) is 12.1 Å². The summed E-state index contributed by atoms with van der Waals surface area (Å²) in [6, 6.07) is 20.0. The summed E-state index contributed by atoms with van der Waals surface area (Å²) in [5, 5.41) is 23.1. The van der Waals surface area contributed by atoms with E-state index in [-0.39, 0.29) is 0 Å². The minimum Gasteiger partial charge on any atom is -0.325 e. The molecular weight excluding hydrogens is 382 g/mol. The number of fused-ring (bicyclic) bond motifs is 1. The van der Waals surface area contributed by atoms with Crippen LogP contribution in [0.2, 0.25) is 0 Å². The Morgan fingerprint density at radius 2 is 1.68 bits per heavy atom. The standard InChI is InChI=1S/C26H19N5/c1-17-11-19(5-4-10-27)12-18(2)26(17)22-7-3-6-21-16-30-25(13-23(21)22)31-24-9-8-20(14-28)15-29-24/h3-9,11-13,15-16H,1-2H3,(H,29,30,31)/b5-4+. The van der Waals surface area contributed by atoms with E-state index in [1.807, 2.05) is 36.5 Å². The summed E-state index contributed by atoms with van der Waals surface area (Å²) >= 11 is 0. The van der Waals surface area contributed by atoms with E-state index in [0.717, 1.165) is 33.0 Å². The van der Waals surface area contributed by atoms with E-state index in [1.165, 1.54) is 17.8 Å². The molecule has 0 saturated carbocycles. The van der Waals surface area contributed by atoms with Crippen molar-refractivity contribution in [2.45, 2.75) is 13.8 Å². The van der Waals surface area contributed by atoms with Crippen molar-refractivity contribution in [3.05, 3.63) is 89.3 Å². The van der Waals surface area contributed by atoms with Crippen LogP contribution in [-0.4, -0.2) is 9.97 Å². The molecule has 0 spiro atoms. The van der Waals surface area contributed by atoms with Crippen LogP contribution in [0.5, 0.6) is 0 Å². The fourth-order valence-corrected chi connectivity index (χ4v) is 3.77. The van der Waals surface area contributed by atoms with E-state index in [2.05, 4.69) is 53.4 Å². The topological polar surface area (TPSA) is 85.4 Å². The van der Waals surface area contributed by atoms with Gasteiger partial charge in [-0.1, -0.05) is 30.3 Å². The highest BCUT2D eigenvalue weighted by atomic mass is 15.0. The third kappa shape index (κ3) is 4.12. The first kappa shape index (κ1) is 19.8. The van der Waals surface area contributed by atoms with Crippen molar-refractivity contribution in [1.29, 1.82) is 10.5 Å². The van der Waals surface area contributed by atoms with Crippen molar-refractivity contribution in [3.8, 4) is 23.3 Å². The normalized spacial score (nSPS) is 10.7. The summed E-state index contributed by atoms with van der Waals surface area (Å²) in [5.74, 6) is 1.31. The number of anilines is 2. The predicted octanol–water partition coefficient (Wildman–Crippen LogP) is 6.07. The van der Waals surface area contributed by atoms with Gasteiger partial charge in [0.2, 0.25) is 0 Å². The molecule has 0 bridgehead atoms. The zero-order chi connectivity index (χ0) is 21.8. The van der Waals surface area contributed by atoms with Gasteiger partial charge in [-0.15, -0.1) is 0 Å². The number of benzene rings is 2. The highest BCUT2D eigenvalue weighted by molar-refractivity contribution is 5.99. The molecule has 0 aliphatic rings. The maximum Gasteiger partial charge on any atom is 0.132 e. The van der Waals surface area contributed by atoms with Crippen LogP contribution in [0.25, 0.3) is 28.0 Å². The first-order valence-corrected chi connectivity index (χ1v) is 9.79. The average molecular weight is 401 g/mol. The number of hydrogen-bond donors (Lipinski definition) is 1. The van der Waals surface area contributed by atoms with Crippen molar-refractivity contribution in [1.82, 2.24) is 9.97 Å². The molecule has 0 fully saturated rings. The smallest absolute Gasteiger partial charge is 0.132 e. The fourth-order valence-electron chi connectivity index (χ4n) is 3.77. The molecular formula is C26H19N5. The lowest BCUT2D eigenvalue weighted by molar-refractivity contribution is 1.25. The second-order valence-corrected chi connectivity index (χ2v) is 7.26. The van der Waals surface area contributed by atoms with Crippen molar-refractivity contribution in [2.24, 2.45) is 0 Å². The van der Waals surface area contributed by atoms with Gasteiger partial charge in [-0.3, -0.25) is 0 Å². The Bertz CT molecular complexity index is 1360. The van der Waals surface area contributed by atoms with Gasteiger partial charge >= 0.3 is 0 Å². The molecule has 0 aliphatic carbocycles. The Kier molecular flexibility index (Phi) is 5.43. The van der Waals surface area contributed by atoms with Crippen LogP contribution in [-0.2, 0) is 0 Å². The summed E-state index contributed by atoms with van der Waals surface area (Å²) in [5.41, 5.74) is 6.11. The van der Waals surface area contributed by atoms with Crippen LogP contribution in [0, 0.1) is 36.5 Å². The number of hydrogen-bond acceptors (Lipinski definition) is 5. The number of nitriles is 2. The van der Waals surface area contributed by atoms with E-state index >= 15 is 0 Å². The molecule has 2 aromatic heterocycles. The Balaban J connectivity index is 1.78. The summed E-state index contributed by atoms with van der Waals surface area (Å²) in [6.07, 6.45) is 6.69. The molecule has 0 unspecified atom stereocenters. The number of pyridine rings is 2. The molecule has 2 aromatic carbocycles. The maximum absolute atomic E-state index is 8.94. The Morgan fingerprint density at radius 3 is 2.35 bits per heavy atom. The number of nitrogens with one attached hydrogen (secondary N) is 1. The third-order valence-electron chi connectivity index (χ3n) is 5.09. The van der Waals surface area contributed by atoms with Gasteiger partial charge in [0.25, 0.3) is 0 Å². The van der Waals surface area contributed by atoms with Crippen LogP contribution in [0.15, 0.2) is 67.0 Å². The Hall–Kier alpha value is -4.48. The van der Waals surface area contributed by atoms with Crippen molar-refractivity contribution >= 4 is 28.5 Å². The molecule has 4 aromatic rings. The molecule has 0 radical (unpaired) electrons. The Morgan fingerprint density at radius 1 is 0.903 bits per heavy atom. The van der Waals surface area contributed by atoms with Crippen LogP contribution in [0.1, 0.15) is 22.3 Å². The van der Waals surface area contributed by atoms with Crippen molar-refractivity contribution < 1.29 is 0 Å². The summed E-state index contributed by atoms with van der Waals surface area (Å²) in [4.78, 5) is 8.78. The van der Waals surface area contributed by atoms with Crippen LogP contribution in [0.4, 0.5) is 11.6 Å². The Labute approximate surface area is 181 Å². The SMILES string of the molecule is Cc1cc(/C=C/C#N)cc(C)c1-c1cccc2cnc(Nc3ccc(C#N)cn3)cc12. The number of rotatable bonds is 4. The lowest BCUT2D eigenvalue weighted by atomic mass is 9.90. The van der Waals surface area contributed by atoms with Gasteiger partial charge in [0.05, 0.1) is 11.6 Å². The molecule has 5 heteroatoms. The maximum atomic E-state index is 8.94. The zero-order valence-corrected chi connectivity index (χ0v) is 17.2. The number of nitrogens with zero attached hydrogens (tertiary/aromatic N) is 4.